The number of aromatic nitrogens is 3. The minimum atomic E-state index is -1.23. The number of rotatable bonds is 4. The second-order valence-corrected chi connectivity index (χ2v) is 13.0. The molecule has 0 saturated carbocycles. The van der Waals surface area contributed by atoms with E-state index in [1.807, 2.05) is 72.8 Å². The first-order chi connectivity index (χ1) is 23.4. The number of phenolic OH excluding ortho intramolecular Hbond substituents is 1. The van der Waals surface area contributed by atoms with Crippen LogP contribution >= 0.6 is 0 Å². The second-order valence-electron chi connectivity index (χ2n) is 13.0. The van der Waals surface area contributed by atoms with Gasteiger partial charge in [-0.15, -0.1) is 0 Å². The number of nitrogens with zero attached hydrogens (tertiary/aromatic N) is 3. The lowest BCUT2D eigenvalue weighted by atomic mass is 9.77. The summed E-state index contributed by atoms with van der Waals surface area (Å²) in [4.78, 5) is 15.2. The number of phenols is 1. The maximum Gasteiger partial charge on any atom is 0.212 e. The molecule has 230 valence electrons. The molecule has 1 atom stereocenters. The standard InChI is InChI=1S/C43H31N3O2/c1-42(2)35-20-12-11-19-33(35)36-31-17-9-10-18-32(31)38-34(37(36)42)25-26-43(48-38,29-21-23-30(47)24-22-29)41-45-39(27-13-5-3-6-14-27)44-40(46-41)28-15-7-4-8-16-28/h3-26,47H,1-2H3. The molecule has 0 bridgehead atoms. The molecular formula is C43H31N3O2. The quantitative estimate of drug-likeness (QED) is 0.212. The van der Waals surface area contributed by atoms with Gasteiger partial charge in [0.15, 0.2) is 17.5 Å². The number of fused-ring (bicyclic) bond motifs is 8. The van der Waals surface area contributed by atoms with Gasteiger partial charge in [0, 0.05) is 33.1 Å². The van der Waals surface area contributed by atoms with Gasteiger partial charge < -0.3 is 9.84 Å². The molecule has 1 N–H and O–H groups in total. The van der Waals surface area contributed by atoms with Crippen LogP contribution < -0.4 is 4.74 Å². The van der Waals surface area contributed by atoms with Crippen molar-refractivity contribution >= 4 is 16.8 Å². The van der Waals surface area contributed by atoms with Crippen LogP contribution in [0.2, 0.25) is 0 Å². The van der Waals surface area contributed by atoms with Crippen molar-refractivity contribution in [3.63, 3.8) is 0 Å². The highest BCUT2D eigenvalue weighted by Gasteiger charge is 2.45. The summed E-state index contributed by atoms with van der Waals surface area (Å²) in [7, 11) is 0. The maximum atomic E-state index is 10.3. The molecule has 9 rings (SSSR count). The molecule has 7 aromatic rings. The number of hydrogen-bond donors (Lipinski definition) is 1. The van der Waals surface area contributed by atoms with Gasteiger partial charge in [-0.05, 0) is 45.8 Å². The third-order valence-electron chi connectivity index (χ3n) is 9.78. The van der Waals surface area contributed by atoms with Gasteiger partial charge in [0.25, 0.3) is 0 Å². The zero-order valence-corrected chi connectivity index (χ0v) is 26.6. The lowest BCUT2D eigenvalue weighted by molar-refractivity contribution is 0.152. The van der Waals surface area contributed by atoms with Crippen LogP contribution in [0.15, 0.2) is 140 Å². The highest BCUT2D eigenvalue weighted by Crippen LogP contribution is 2.57. The molecule has 0 fully saturated rings. The van der Waals surface area contributed by atoms with Gasteiger partial charge in [0.1, 0.15) is 11.5 Å². The normalized spacial score (nSPS) is 17.0. The lowest BCUT2D eigenvalue weighted by Crippen LogP contribution is -2.37. The van der Waals surface area contributed by atoms with E-state index in [2.05, 4.69) is 74.5 Å². The van der Waals surface area contributed by atoms with Crippen LogP contribution in [-0.2, 0) is 11.0 Å². The highest BCUT2D eigenvalue weighted by molar-refractivity contribution is 6.08. The molecule has 1 aliphatic heterocycles. The van der Waals surface area contributed by atoms with Gasteiger partial charge in [-0.25, -0.2) is 15.0 Å². The van der Waals surface area contributed by atoms with Gasteiger partial charge in [-0.2, -0.15) is 0 Å². The van der Waals surface area contributed by atoms with Crippen LogP contribution in [0.1, 0.15) is 41.9 Å². The van der Waals surface area contributed by atoms with Gasteiger partial charge in [0.05, 0.1) is 0 Å². The summed E-state index contributed by atoms with van der Waals surface area (Å²) < 4.78 is 7.42. The average molecular weight is 622 g/mol. The van der Waals surface area contributed by atoms with E-state index < -0.39 is 5.60 Å². The van der Waals surface area contributed by atoms with Crippen molar-refractivity contribution in [3.05, 3.63) is 168 Å². The van der Waals surface area contributed by atoms with Crippen molar-refractivity contribution in [2.24, 2.45) is 0 Å². The van der Waals surface area contributed by atoms with E-state index in [1.165, 1.54) is 22.3 Å². The largest absolute Gasteiger partial charge is 0.508 e. The minimum Gasteiger partial charge on any atom is -0.508 e. The Hall–Kier alpha value is -6.07. The summed E-state index contributed by atoms with van der Waals surface area (Å²) in [5, 5.41) is 12.5. The van der Waals surface area contributed by atoms with E-state index in [4.69, 9.17) is 19.7 Å². The Labute approximate surface area is 278 Å². The van der Waals surface area contributed by atoms with Crippen LogP contribution in [0.5, 0.6) is 11.5 Å². The summed E-state index contributed by atoms with van der Waals surface area (Å²) >= 11 is 0. The predicted molar refractivity (Wildman–Crippen MR) is 191 cm³/mol. The number of aromatic hydroxyl groups is 1. The van der Waals surface area contributed by atoms with E-state index in [-0.39, 0.29) is 11.2 Å². The third-order valence-corrected chi connectivity index (χ3v) is 9.78. The maximum absolute atomic E-state index is 10.3. The molecule has 1 aromatic heterocycles. The van der Waals surface area contributed by atoms with Crippen LogP contribution in [0.4, 0.5) is 0 Å². The van der Waals surface area contributed by atoms with Crippen molar-refractivity contribution in [1.29, 1.82) is 0 Å². The summed E-state index contributed by atoms with van der Waals surface area (Å²) in [6.45, 7) is 4.60. The highest BCUT2D eigenvalue weighted by atomic mass is 16.5. The summed E-state index contributed by atoms with van der Waals surface area (Å²) in [6.07, 6.45) is 4.27. The smallest absolute Gasteiger partial charge is 0.212 e. The van der Waals surface area contributed by atoms with Gasteiger partial charge in [-0.1, -0.05) is 141 Å². The molecule has 2 aliphatic rings. The van der Waals surface area contributed by atoms with Crippen molar-refractivity contribution in [2.45, 2.75) is 24.9 Å². The number of hydrogen-bond acceptors (Lipinski definition) is 5. The van der Waals surface area contributed by atoms with E-state index in [0.717, 1.165) is 38.8 Å². The van der Waals surface area contributed by atoms with Crippen LogP contribution in [-0.4, -0.2) is 20.1 Å². The van der Waals surface area contributed by atoms with Crippen molar-refractivity contribution < 1.29 is 9.84 Å². The summed E-state index contributed by atoms with van der Waals surface area (Å²) in [5.74, 6) is 2.51. The molecule has 2 heterocycles. The van der Waals surface area contributed by atoms with Crippen molar-refractivity contribution in [3.8, 4) is 45.4 Å². The molecular weight excluding hydrogens is 590 g/mol. The van der Waals surface area contributed by atoms with Crippen LogP contribution in [0.25, 0.3) is 50.8 Å². The fourth-order valence-corrected chi connectivity index (χ4v) is 7.49. The number of benzene rings is 6. The first kappa shape index (κ1) is 28.2. The zero-order valence-electron chi connectivity index (χ0n) is 26.6. The predicted octanol–water partition coefficient (Wildman–Crippen LogP) is 9.72. The number of ether oxygens (including phenoxy) is 1. The Morgan fingerprint density at radius 2 is 1.19 bits per heavy atom. The molecule has 0 radical (unpaired) electrons. The third kappa shape index (κ3) is 4.14. The molecule has 48 heavy (non-hydrogen) atoms. The molecule has 5 nitrogen and oxygen atoms in total. The van der Waals surface area contributed by atoms with Crippen LogP contribution in [0, 0.1) is 0 Å². The van der Waals surface area contributed by atoms with Gasteiger partial charge in [-0.3, -0.25) is 0 Å². The van der Waals surface area contributed by atoms with E-state index in [1.54, 1.807) is 12.1 Å². The van der Waals surface area contributed by atoms with Crippen LogP contribution in [0.3, 0.4) is 0 Å². The minimum absolute atomic E-state index is 0.169. The Morgan fingerprint density at radius 3 is 1.85 bits per heavy atom. The zero-order chi connectivity index (χ0) is 32.5. The van der Waals surface area contributed by atoms with Crippen molar-refractivity contribution in [2.75, 3.05) is 0 Å². The Bertz CT molecular complexity index is 2340. The van der Waals surface area contributed by atoms with Crippen molar-refractivity contribution in [1.82, 2.24) is 15.0 Å². The monoisotopic (exact) mass is 621 g/mol. The summed E-state index contributed by atoms with van der Waals surface area (Å²) in [6, 6.07) is 44.3. The lowest BCUT2D eigenvalue weighted by Gasteiger charge is -2.37. The fraction of sp³-hybridized carbons (Fsp3) is 0.0930. The molecule has 1 aliphatic carbocycles. The Kier molecular flexibility index (Phi) is 6.15. The van der Waals surface area contributed by atoms with Gasteiger partial charge in [0.2, 0.25) is 5.60 Å². The molecule has 6 aromatic carbocycles. The van der Waals surface area contributed by atoms with E-state index >= 15 is 0 Å². The molecule has 0 amide bonds. The first-order valence-electron chi connectivity index (χ1n) is 16.2. The molecule has 1 unspecified atom stereocenters. The van der Waals surface area contributed by atoms with E-state index in [9.17, 15) is 5.11 Å². The first-order valence-corrected chi connectivity index (χ1v) is 16.2. The second kappa shape index (κ2) is 10.5. The van der Waals surface area contributed by atoms with Gasteiger partial charge >= 0.3 is 0 Å². The average Bonchev–Trinajstić information content (AvgIpc) is 3.39. The molecule has 0 spiro atoms. The Balaban J connectivity index is 1.35. The topological polar surface area (TPSA) is 68.1 Å². The molecule has 0 saturated heterocycles. The fourth-order valence-electron chi connectivity index (χ4n) is 7.49. The molecule has 5 heteroatoms. The summed E-state index contributed by atoms with van der Waals surface area (Å²) in [5.41, 5.74) is 7.19. The SMILES string of the molecule is CC1(C)c2ccccc2-c2c1c1c(c3ccccc23)OC(c2ccc(O)cc2)(c2nc(-c3ccccc3)nc(-c3ccccc3)n2)C=C1. The Morgan fingerprint density at radius 1 is 0.604 bits per heavy atom. The van der Waals surface area contributed by atoms with E-state index in [0.29, 0.717) is 17.5 Å².